The molecule has 2 atom stereocenters. The van der Waals surface area contributed by atoms with E-state index in [4.69, 9.17) is 16.3 Å². The van der Waals surface area contributed by atoms with Crippen molar-refractivity contribution in [3.63, 3.8) is 0 Å². The minimum absolute atomic E-state index is 0.0721. The molecule has 27 heavy (non-hydrogen) atoms. The van der Waals surface area contributed by atoms with Crippen LogP contribution in [0.4, 0.5) is 13.2 Å². The van der Waals surface area contributed by atoms with E-state index in [9.17, 15) is 18.0 Å². The Morgan fingerprint density at radius 3 is 1.89 bits per heavy atom. The zero-order valence-electron chi connectivity index (χ0n) is 14.8. The Labute approximate surface area is 159 Å². The number of ether oxygens (including phenoxy) is 1. The van der Waals surface area contributed by atoms with Gasteiger partial charge in [-0.3, -0.25) is 4.79 Å². The first-order chi connectivity index (χ1) is 12.7. The van der Waals surface area contributed by atoms with Crippen LogP contribution in [-0.2, 0) is 9.53 Å². The number of halogens is 4. The van der Waals surface area contributed by atoms with Gasteiger partial charge in [0, 0.05) is 5.56 Å². The van der Waals surface area contributed by atoms with Crippen molar-refractivity contribution >= 4 is 39.1 Å². The molecule has 0 aliphatic heterocycles. The van der Waals surface area contributed by atoms with Gasteiger partial charge in [0.1, 0.15) is 5.38 Å². The molecule has 0 saturated heterocycles. The normalized spacial score (nSPS) is 14.5. The summed E-state index contributed by atoms with van der Waals surface area (Å²) in [5.74, 6) is -1.43. The van der Waals surface area contributed by atoms with Gasteiger partial charge in [-0.2, -0.15) is 13.2 Å². The maximum Gasteiger partial charge on any atom is 0.429 e. The molecule has 0 spiro atoms. The molecule has 0 aromatic heterocycles. The van der Waals surface area contributed by atoms with Gasteiger partial charge in [-0.25, -0.2) is 0 Å². The van der Waals surface area contributed by atoms with Crippen molar-refractivity contribution < 1.29 is 22.7 Å². The molecule has 0 saturated carbocycles. The third kappa shape index (κ3) is 3.88. The Bertz CT molecular complexity index is 928. The molecular formula is C21H18ClF3O2. The first-order valence-electron chi connectivity index (χ1n) is 8.52. The van der Waals surface area contributed by atoms with Crippen molar-refractivity contribution in [3.05, 3.63) is 60.2 Å². The van der Waals surface area contributed by atoms with Crippen LogP contribution in [0.3, 0.4) is 0 Å². The van der Waals surface area contributed by atoms with Crippen molar-refractivity contribution in [2.75, 3.05) is 0 Å². The van der Waals surface area contributed by atoms with Crippen molar-refractivity contribution in [1.29, 1.82) is 0 Å². The molecule has 3 aromatic carbocycles. The smallest absolute Gasteiger partial charge is 0.429 e. The highest BCUT2D eigenvalue weighted by Crippen LogP contribution is 2.43. The van der Waals surface area contributed by atoms with E-state index >= 15 is 0 Å². The predicted molar refractivity (Wildman–Crippen MR) is 101 cm³/mol. The SMILES string of the molecule is CC(C)[C@H](Cl)C(=O)O[C@H](c1c2ccccc2cc2ccccc12)C(F)(F)F. The Morgan fingerprint density at radius 1 is 0.963 bits per heavy atom. The lowest BCUT2D eigenvalue weighted by molar-refractivity contribution is -0.223. The maximum atomic E-state index is 14.0. The van der Waals surface area contributed by atoms with Gasteiger partial charge in [0.05, 0.1) is 0 Å². The zero-order valence-corrected chi connectivity index (χ0v) is 15.5. The fourth-order valence-electron chi connectivity index (χ4n) is 3.07. The number of carbonyl (C=O) groups is 1. The van der Waals surface area contributed by atoms with Gasteiger partial charge >= 0.3 is 12.1 Å². The molecule has 2 nitrogen and oxygen atoms in total. The average Bonchev–Trinajstić information content (AvgIpc) is 2.62. The average molecular weight is 395 g/mol. The molecule has 142 valence electrons. The minimum Gasteiger partial charge on any atom is -0.447 e. The highest BCUT2D eigenvalue weighted by atomic mass is 35.5. The van der Waals surface area contributed by atoms with E-state index < -0.39 is 23.6 Å². The molecule has 0 radical (unpaired) electrons. The summed E-state index contributed by atoms with van der Waals surface area (Å²) in [5.41, 5.74) is -0.0721. The van der Waals surface area contributed by atoms with Crippen LogP contribution in [0.15, 0.2) is 54.6 Å². The zero-order chi connectivity index (χ0) is 19.8. The lowest BCUT2D eigenvalue weighted by Gasteiger charge is -2.25. The Morgan fingerprint density at radius 2 is 1.44 bits per heavy atom. The predicted octanol–water partition coefficient (Wildman–Crippen LogP) is 6.40. The second kappa shape index (κ2) is 7.39. The summed E-state index contributed by atoms with van der Waals surface area (Å²) in [7, 11) is 0. The summed E-state index contributed by atoms with van der Waals surface area (Å²) < 4.78 is 46.8. The molecule has 3 aromatic rings. The number of hydrogen-bond acceptors (Lipinski definition) is 2. The summed E-state index contributed by atoms with van der Waals surface area (Å²) in [6, 6.07) is 15.3. The quantitative estimate of drug-likeness (QED) is 0.290. The number of benzene rings is 3. The Hall–Kier alpha value is -2.27. The van der Waals surface area contributed by atoms with Crippen LogP contribution >= 0.6 is 11.6 Å². The van der Waals surface area contributed by atoms with Gasteiger partial charge in [-0.1, -0.05) is 62.4 Å². The van der Waals surface area contributed by atoms with E-state index in [0.29, 0.717) is 21.5 Å². The molecule has 0 aliphatic carbocycles. The second-order valence-electron chi connectivity index (χ2n) is 6.74. The molecule has 0 unspecified atom stereocenters. The highest BCUT2D eigenvalue weighted by Gasteiger charge is 2.46. The first kappa shape index (κ1) is 19.5. The van der Waals surface area contributed by atoms with E-state index in [0.717, 1.165) is 0 Å². The number of rotatable bonds is 4. The molecule has 3 rings (SSSR count). The van der Waals surface area contributed by atoms with Crippen LogP contribution in [0.1, 0.15) is 25.5 Å². The van der Waals surface area contributed by atoms with Gasteiger partial charge in [0.15, 0.2) is 0 Å². The topological polar surface area (TPSA) is 26.3 Å². The fourth-order valence-corrected chi connectivity index (χ4v) is 3.13. The van der Waals surface area contributed by atoms with Crippen LogP contribution in [0.5, 0.6) is 0 Å². The van der Waals surface area contributed by atoms with E-state index in [1.807, 2.05) is 6.07 Å². The molecule has 0 fully saturated rings. The van der Waals surface area contributed by atoms with Gasteiger partial charge < -0.3 is 4.74 Å². The van der Waals surface area contributed by atoms with E-state index in [1.54, 1.807) is 62.4 Å². The van der Waals surface area contributed by atoms with Gasteiger partial charge in [-0.05, 0) is 33.5 Å². The van der Waals surface area contributed by atoms with E-state index in [1.165, 1.54) is 0 Å². The monoisotopic (exact) mass is 394 g/mol. The summed E-state index contributed by atoms with van der Waals surface area (Å²) in [6.07, 6.45) is -7.18. The summed E-state index contributed by atoms with van der Waals surface area (Å²) in [4.78, 5) is 12.2. The molecule has 0 bridgehead atoms. The van der Waals surface area contributed by atoms with Crippen molar-refractivity contribution in [3.8, 4) is 0 Å². The molecule has 0 heterocycles. The lowest BCUT2D eigenvalue weighted by Crippen LogP contribution is -2.31. The lowest BCUT2D eigenvalue weighted by atomic mass is 9.93. The summed E-state index contributed by atoms with van der Waals surface area (Å²) in [6.45, 7) is 3.30. The van der Waals surface area contributed by atoms with Crippen molar-refractivity contribution in [1.82, 2.24) is 0 Å². The second-order valence-corrected chi connectivity index (χ2v) is 7.21. The third-order valence-corrected chi connectivity index (χ3v) is 5.10. The molecule has 6 heteroatoms. The number of fused-ring (bicyclic) bond motifs is 2. The van der Waals surface area contributed by atoms with Crippen LogP contribution in [-0.4, -0.2) is 17.5 Å². The molecular weight excluding hydrogens is 377 g/mol. The fraction of sp³-hybridized carbons (Fsp3) is 0.286. The largest absolute Gasteiger partial charge is 0.447 e. The van der Waals surface area contributed by atoms with Crippen molar-refractivity contribution in [2.45, 2.75) is 31.5 Å². The standard InChI is InChI=1S/C21H18ClF3O2/c1-12(2)18(22)20(26)27-19(21(23,24)25)17-15-9-5-3-7-13(15)11-14-8-4-6-10-16(14)17/h3-12,18-19H,1-2H3/t18-,19+/m0/s1. The van der Waals surface area contributed by atoms with Crippen LogP contribution in [0.25, 0.3) is 21.5 Å². The van der Waals surface area contributed by atoms with Gasteiger partial charge in [0.2, 0.25) is 6.10 Å². The number of carbonyl (C=O) groups excluding carboxylic acids is 1. The first-order valence-corrected chi connectivity index (χ1v) is 8.95. The summed E-state index contributed by atoms with van der Waals surface area (Å²) in [5, 5.41) is 0.908. The van der Waals surface area contributed by atoms with Gasteiger partial charge in [-0.15, -0.1) is 11.6 Å². The van der Waals surface area contributed by atoms with Crippen molar-refractivity contribution in [2.24, 2.45) is 5.92 Å². The minimum atomic E-state index is -4.78. The van der Waals surface area contributed by atoms with E-state index in [-0.39, 0.29) is 11.5 Å². The van der Waals surface area contributed by atoms with Gasteiger partial charge in [0.25, 0.3) is 0 Å². The van der Waals surface area contributed by atoms with Crippen LogP contribution in [0, 0.1) is 5.92 Å². The van der Waals surface area contributed by atoms with E-state index in [2.05, 4.69) is 0 Å². The molecule has 0 N–H and O–H groups in total. The number of hydrogen-bond donors (Lipinski definition) is 0. The Kier molecular flexibility index (Phi) is 5.33. The molecule has 0 amide bonds. The van der Waals surface area contributed by atoms with Crippen LogP contribution < -0.4 is 0 Å². The summed E-state index contributed by atoms with van der Waals surface area (Å²) >= 11 is 5.94. The van der Waals surface area contributed by atoms with Crippen LogP contribution in [0.2, 0.25) is 0 Å². The Balaban J connectivity index is 2.24. The molecule has 0 aliphatic rings. The number of esters is 1. The third-order valence-electron chi connectivity index (χ3n) is 4.42. The number of alkyl halides is 4. The maximum absolute atomic E-state index is 14.0. The highest BCUT2D eigenvalue weighted by molar-refractivity contribution is 6.30.